The van der Waals surface area contributed by atoms with Crippen LogP contribution in [0.25, 0.3) is 16.6 Å². The quantitative estimate of drug-likeness (QED) is 0.504. The molecule has 8 nitrogen and oxygen atoms in total. The lowest BCUT2D eigenvalue weighted by Gasteiger charge is -2.09. The molecule has 0 radical (unpaired) electrons. The van der Waals surface area contributed by atoms with Crippen molar-refractivity contribution in [1.82, 2.24) is 19.5 Å². The number of carbonyl (C=O) groups is 1. The highest BCUT2D eigenvalue weighted by atomic mass is 16.5. The van der Waals surface area contributed by atoms with Gasteiger partial charge in [0.2, 0.25) is 11.9 Å². The molecule has 4 aromatic rings. The van der Waals surface area contributed by atoms with Gasteiger partial charge in [-0.15, -0.1) is 0 Å². The second-order valence-electron chi connectivity index (χ2n) is 6.62. The fourth-order valence-corrected chi connectivity index (χ4v) is 3.51. The van der Waals surface area contributed by atoms with Crippen LogP contribution in [0.1, 0.15) is 28.8 Å². The zero-order valence-electron chi connectivity index (χ0n) is 16.1. The predicted octanol–water partition coefficient (Wildman–Crippen LogP) is 3.07. The number of hydrogen-bond donors (Lipinski definition) is 2. The normalized spacial score (nSPS) is 11.0. The number of Topliss-reactive ketones (excluding diaryl/α,β-unsaturated/α-hetero) is 1. The van der Waals surface area contributed by atoms with Crippen molar-refractivity contribution in [3.05, 3.63) is 65.6 Å². The fraction of sp³-hybridized carbons (Fsp3) is 0.143. The number of nitrogens with two attached hydrogens (primary N) is 2. The molecule has 0 fully saturated rings. The Balaban J connectivity index is 1.75. The molecule has 0 atom stereocenters. The summed E-state index contributed by atoms with van der Waals surface area (Å²) in [7, 11) is 0. The Morgan fingerprint density at radius 3 is 2.38 bits per heavy atom. The van der Waals surface area contributed by atoms with Crippen LogP contribution in [0, 0.1) is 6.92 Å². The van der Waals surface area contributed by atoms with Gasteiger partial charge in [-0.1, -0.05) is 18.2 Å². The van der Waals surface area contributed by atoms with Crippen LogP contribution in [0.15, 0.2) is 48.5 Å². The molecule has 0 unspecified atom stereocenters. The number of carbonyl (C=O) groups excluding carboxylic acids is 1. The molecule has 0 aliphatic heterocycles. The molecular formula is C21H20N6O2. The summed E-state index contributed by atoms with van der Waals surface area (Å²) >= 11 is 0. The van der Waals surface area contributed by atoms with Gasteiger partial charge in [0.1, 0.15) is 12.4 Å². The molecule has 0 spiro atoms. The minimum atomic E-state index is -0.00246. The maximum Gasteiger partial charge on any atom is 0.225 e. The molecular weight excluding hydrogens is 368 g/mol. The molecule has 0 aliphatic carbocycles. The summed E-state index contributed by atoms with van der Waals surface area (Å²) < 4.78 is 7.89. The van der Waals surface area contributed by atoms with Gasteiger partial charge in [-0.05, 0) is 44.2 Å². The standard InChI is InChI=1S/C21H20N6O2/c1-12-19(13(2)28)16-10-15(29-11-18-24-20(22)26-21(23)25-18)8-9-17(16)27(12)14-6-4-3-5-7-14/h3-10H,11H2,1-2H3,(H4,22,23,24,25,26). The number of anilines is 2. The molecule has 0 aliphatic rings. The van der Waals surface area contributed by atoms with Gasteiger partial charge in [-0.3, -0.25) is 4.79 Å². The first-order valence-corrected chi connectivity index (χ1v) is 9.04. The molecule has 146 valence electrons. The molecule has 0 saturated heterocycles. The number of ether oxygens (including phenoxy) is 1. The Morgan fingerprint density at radius 1 is 1.03 bits per heavy atom. The van der Waals surface area contributed by atoms with E-state index in [1.807, 2.05) is 55.5 Å². The van der Waals surface area contributed by atoms with Crippen LogP contribution in [-0.2, 0) is 6.61 Å². The van der Waals surface area contributed by atoms with Crippen LogP contribution in [0.2, 0.25) is 0 Å². The average Bonchev–Trinajstić information content (AvgIpc) is 2.97. The Bertz CT molecular complexity index is 1200. The Hall–Kier alpha value is -3.94. The third kappa shape index (κ3) is 3.47. The van der Waals surface area contributed by atoms with Crippen molar-refractivity contribution in [2.24, 2.45) is 0 Å². The van der Waals surface area contributed by atoms with Gasteiger partial charge in [-0.25, -0.2) is 0 Å². The monoisotopic (exact) mass is 388 g/mol. The molecule has 2 aromatic carbocycles. The van der Waals surface area contributed by atoms with Crippen molar-refractivity contribution in [2.45, 2.75) is 20.5 Å². The number of hydrogen-bond acceptors (Lipinski definition) is 7. The number of nitrogens with zero attached hydrogens (tertiary/aromatic N) is 4. The lowest BCUT2D eigenvalue weighted by molar-refractivity contribution is 0.101. The van der Waals surface area contributed by atoms with E-state index in [9.17, 15) is 4.79 Å². The van der Waals surface area contributed by atoms with Gasteiger partial charge in [0.05, 0.1) is 5.52 Å². The molecule has 0 saturated carbocycles. The van der Waals surface area contributed by atoms with Gasteiger partial charge in [0.25, 0.3) is 0 Å². The fourth-order valence-electron chi connectivity index (χ4n) is 3.51. The number of para-hydroxylation sites is 1. The van der Waals surface area contributed by atoms with Gasteiger partial charge < -0.3 is 20.8 Å². The molecule has 4 rings (SSSR count). The second kappa shape index (κ2) is 7.23. The third-order valence-electron chi connectivity index (χ3n) is 4.63. The summed E-state index contributed by atoms with van der Waals surface area (Å²) in [6.07, 6.45) is 0. The number of rotatable bonds is 5. The van der Waals surface area contributed by atoms with E-state index >= 15 is 0 Å². The third-order valence-corrected chi connectivity index (χ3v) is 4.63. The van der Waals surface area contributed by atoms with E-state index in [2.05, 4.69) is 19.5 Å². The van der Waals surface area contributed by atoms with Crippen molar-refractivity contribution in [3.63, 3.8) is 0 Å². The molecule has 8 heteroatoms. The zero-order valence-corrected chi connectivity index (χ0v) is 16.1. The first kappa shape index (κ1) is 18.4. The van der Waals surface area contributed by atoms with Crippen molar-refractivity contribution >= 4 is 28.6 Å². The maximum absolute atomic E-state index is 12.4. The van der Waals surface area contributed by atoms with E-state index < -0.39 is 0 Å². The molecule has 0 amide bonds. The topological polar surface area (TPSA) is 122 Å². The number of ketones is 1. The summed E-state index contributed by atoms with van der Waals surface area (Å²) in [4.78, 5) is 24.1. The average molecular weight is 388 g/mol. The highest BCUT2D eigenvalue weighted by Gasteiger charge is 2.19. The Labute approximate surface area is 167 Å². The SMILES string of the molecule is CC(=O)c1c(C)n(-c2ccccc2)c2ccc(OCc3nc(N)nc(N)n3)cc12. The predicted molar refractivity (Wildman–Crippen MR) is 111 cm³/mol. The van der Waals surface area contributed by atoms with Gasteiger partial charge in [0.15, 0.2) is 11.6 Å². The van der Waals surface area contributed by atoms with E-state index in [-0.39, 0.29) is 24.3 Å². The van der Waals surface area contributed by atoms with Crippen LogP contribution >= 0.6 is 0 Å². The first-order valence-electron chi connectivity index (χ1n) is 9.04. The van der Waals surface area contributed by atoms with E-state index in [4.69, 9.17) is 16.2 Å². The summed E-state index contributed by atoms with van der Waals surface area (Å²) in [5, 5.41) is 0.825. The van der Waals surface area contributed by atoms with Crippen LogP contribution < -0.4 is 16.2 Å². The smallest absolute Gasteiger partial charge is 0.225 e. The first-order chi connectivity index (χ1) is 13.9. The van der Waals surface area contributed by atoms with Crippen molar-refractivity contribution in [2.75, 3.05) is 11.5 Å². The van der Waals surface area contributed by atoms with Crippen LogP contribution in [0.5, 0.6) is 5.75 Å². The number of fused-ring (bicyclic) bond motifs is 1. The largest absolute Gasteiger partial charge is 0.486 e. The number of benzene rings is 2. The zero-order chi connectivity index (χ0) is 20.5. The minimum Gasteiger partial charge on any atom is -0.486 e. The van der Waals surface area contributed by atoms with Gasteiger partial charge >= 0.3 is 0 Å². The molecule has 4 N–H and O–H groups in total. The molecule has 29 heavy (non-hydrogen) atoms. The van der Waals surface area contributed by atoms with Gasteiger partial charge in [-0.2, -0.15) is 15.0 Å². The van der Waals surface area contributed by atoms with Crippen LogP contribution in [0.4, 0.5) is 11.9 Å². The summed E-state index contributed by atoms with van der Waals surface area (Å²) in [6.45, 7) is 3.60. The van der Waals surface area contributed by atoms with Gasteiger partial charge in [0, 0.05) is 22.3 Å². The lowest BCUT2D eigenvalue weighted by atomic mass is 10.1. The lowest BCUT2D eigenvalue weighted by Crippen LogP contribution is -2.09. The van der Waals surface area contributed by atoms with E-state index in [0.29, 0.717) is 17.1 Å². The summed E-state index contributed by atoms with van der Waals surface area (Å²) in [5.41, 5.74) is 14.7. The van der Waals surface area contributed by atoms with Crippen LogP contribution in [0.3, 0.4) is 0 Å². The highest BCUT2D eigenvalue weighted by molar-refractivity contribution is 6.09. The highest BCUT2D eigenvalue weighted by Crippen LogP contribution is 2.32. The molecule has 2 aromatic heterocycles. The summed E-state index contributed by atoms with van der Waals surface area (Å²) in [6, 6.07) is 15.6. The Kier molecular flexibility index (Phi) is 4.59. The summed E-state index contributed by atoms with van der Waals surface area (Å²) in [5.74, 6) is 1.00. The van der Waals surface area contributed by atoms with E-state index in [0.717, 1.165) is 22.3 Å². The van der Waals surface area contributed by atoms with Crippen LogP contribution in [-0.4, -0.2) is 25.3 Å². The van der Waals surface area contributed by atoms with Crippen molar-refractivity contribution in [3.8, 4) is 11.4 Å². The van der Waals surface area contributed by atoms with Crippen molar-refractivity contribution in [1.29, 1.82) is 0 Å². The minimum absolute atomic E-state index is 0.00246. The number of aromatic nitrogens is 4. The Morgan fingerprint density at radius 2 is 1.72 bits per heavy atom. The van der Waals surface area contributed by atoms with E-state index in [1.54, 1.807) is 6.92 Å². The second-order valence-corrected chi connectivity index (χ2v) is 6.62. The molecule has 2 heterocycles. The van der Waals surface area contributed by atoms with E-state index in [1.165, 1.54) is 0 Å². The molecule has 0 bridgehead atoms. The number of nitrogen functional groups attached to an aromatic ring is 2. The van der Waals surface area contributed by atoms with Crippen molar-refractivity contribution < 1.29 is 9.53 Å². The maximum atomic E-state index is 12.4.